The number of rotatable bonds is 6. The van der Waals surface area contributed by atoms with Crippen LogP contribution < -0.4 is 20.3 Å². The van der Waals surface area contributed by atoms with Gasteiger partial charge in [0.25, 0.3) is 0 Å². The first-order chi connectivity index (χ1) is 13.5. The topological polar surface area (TPSA) is 61.8 Å². The van der Waals surface area contributed by atoms with E-state index in [1.807, 2.05) is 36.1 Å². The summed E-state index contributed by atoms with van der Waals surface area (Å²) in [7, 11) is 1.74. The van der Waals surface area contributed by atoms with E-state index in [2.05, 4.69) is 27.5 Å². The van der Waals surface area contributed by atoms with Crippen LogP contribution >= 0.6 is 24.0 Å². The Morgan fingerprint density at radius 3 is 2.79 bits per heavy atom. The lowest BCUT2D eigenvalue weighted by Crippen LogP contribution is -2.47. The van der Waals surface area contributed by atoms with Gasteiger partial charge in [0.05, 0.1) is 6.54 Å². The van der Waals surface area contributed by atoms with Crippen molar-refractivity contribution in [3.05, 3.63) is 54.0 Å². The van der Waals surface area contributed by atoms with Crippen LogP contribution in [0.3, 0.4) is 0 Å². The molecule has 2 unspecified atom stereocenters. The molecule has 1 aliphatic rings. The summed E-state index contributed by atoms with van der Waals surface area (Å²) in [5, 5.41) is 6.70. The van der Waals surface area contributed by atoms with Gasteiger partial charge in [0.15, 0.2) is 17.6 Å². The first kappa shape index (κ1) is 23.2. The highest BCUT2D eigenvalue weighted by atomic mass is 127. The molecule has 1 fully saturated rings. The summed E-state index contributed by atoms with van der Waals surface area (Å²) < 4.78 is 19.9. The zero-order valence-corrected chi connectivity index (χ0v) is 19.4. The fourth-order valence-electron chi connectivity index (χ4n) is 3.20. The standard InChI is InChI=1S/C21H28FN5O.HI/c1-15-6-8-18(9-7-15)28-16(2)13-25-21(23-3)26-17-10-12-27(14-17)20-19(22)5-4-11-24-20;/h4-9,11,16-17H,10,12-14H2,1-3H3,(H2,23,25,26);1H. The molecule has 2 atom stereocenters. The number of anilines is 1. The molecule has 0 saturated carbocycles. The zero-order chi connectivity index (χ0) is 19.9. The lowest BCUT2D eigenvalue weighted by molar-refractivity contribution is 0.223. The summed E-state index contributed by atoms with van der Waals surface area (Å²) >= 11 is 0. The first-order valence-corrected chi connectivity index (χ1v) is 9.61. The van der Waals surface area contributed by atoms with Crippen molar-refractivity contribution in [1.29, 1.82) is 0 Å². The molecular formula is C21H29FIN5O. The third-order valence-corrected chi connectivity index (χ3v) is 4.71. The second kappa shape index (κ2) is 11.2. The van der Waals surface area contributed by atoms with Gasteiger partial charge >= 0.3 is 0 Å². The maximum atomic E-state index is 13.9. The monoisotopic (exact) mass is 513 g/mol. The van der Waals surface area contributed by atoms with E-state index in [1.165, 1.54) is 11.6 Å². The van der Waals surface area contributed by atoms with Crippen molar-refractivity contribution in [1.82, 2.24) is 15.6 Å². The number of aryl methyl sites for hydroxylation is 1. The van der Waals surface area contributed by atoms with E-state index in [1.54, 1.807) is 19.3 Å². The molecule has 1 saturated heterocycles. The summed E-state index contributed by atoms with van der Waals surface area (Å²) in [6, 6.07) is 11.3. The van der Waals surface area contributed by atoms with Crippen molar-refractivity contribution in [2.45, 2.75) is 32.4 Å². The van der Waals surface area contributed by atoms with Gasteiger partial charge in [-0.05, 0) is 44.5 Å². The van der Waals surface area contributed by atoms with Crippen molar-refractivity contribution >= 4 is 35.8 Å². The molecule has 0 radical (unpaired) electrons. The van der Waals surface area contributed by atoms with Crippen LogP contribution in [0.15, 0.2) is 47.6 Å². The summed E-state index contributed by atoms with van der Waals surface area (Å²) in [5.41, 5.74) is 1.21. The number of benzene rings is 1. The minimum Gasteiger partial charge on any atom is -0.489 e. The largest absolute Gasteiger partial charge is 0.489 e. The second-order valence-corrected chi connectivity index (χ2v) is 7.08. The van der Waals surface area contributed by atoms with Gasteiger partial charge in [0, 0.05) is 32.4 Å². The molecule has 1 aliphatic heterocycles. The van der Waals surface area contributed by atoms with Crippen LogP contribution in [0, 0.1) is 12.7 Å². The molecular weight excluding hydrogens is 484 g/mol. The lowest BCUT2D eigenvalue weighted by atomic mass is 10.2. The van der Waals surface area contributed by atoms with E-state index in [0.29, 0.717) is 24.9 Å². The summed E-state index contributed by atoms with van der Waals surface area (Å²) in [6.45, 7) is 6.14. The highest BCUT2D eigenvalue weighted by Crippen LogP contribution is 2.20. The summed E-state index contributed by atoms with van der Waals surface area (Å²) in [6.07, 6.45) is 2.50. The molecule has 158 valence electrons. The van der Waals surface area contributed by atoms with Crippen LogP contribution in [0.4, 0.5) is 10.2 Å². The Hall–Kier alpha value is -2.10. The van der Waals surface area contributed by atoms with Gasteiger partial charge < -0.3 is 20.3 Å². The van der Waals surface area contributed by atoms with Crippen molar-refractivity contribution in [3.63, 3.8) is 0 Å². The molecule has 1 aromatic heterocycles. The zero-order valence-electron chi connectivity index (χ0n) is 17.1. The quantitative estimate of drug-likeness (QED) is 0.353. The van der Waals surface area contributed by atoms with Gasteiger partial charge in [-0.25, -0.2) is 9.37 Å². The van der Waals surface area contributed by atoms with Crippen molar-refractivity contribution in [3.8, 4) is 5.75 Å². The van der Waals surface area contributed by atoms with Crippen LogP contribution in [0.25, 0.3) is 0 Å². The van der Waals surface area contributed by atoms with Gasteiger partial charge in [0.1, 0.15) is 11.9 Å². The van der Waals surface area contributed by atoms with Gasteiger partial charge in [-0.2, -0.15) is 0 Å². The molecule has 0 aliphatic carbocycles. The Balaban J connectivity index is 0.00000300. The fourth-order valence-corrected chi connectivity index (χ4v) is 3.20. The summed E-state index contributed by atoms with van der Waals surface area (Å²) in [4.78, 5) is 10.4. The molecule has 2 N–H and O–H groups in total. The molecule has 0 amide bonds. The smallest absolute Gasteiger partial charge is 0.191 e. The van der Waals surface area contributed by atoms with Gasteiger partial charge in [-0.3, -0.25) is 4.99 Å². The van der Waals surface area contributed by atoms with E-state index in [9.17, 15) is 4.39 Å². The Labute approximate surface area is 189 Å². The minimum atomic E-state index is -0.285. The third kappa shape index (κ3) is 6.73. The van der Waals surface area contributed by atoms with Crippen LogP contribution in [-0.4, -0.2) is 49.8 Å². The molecule has 8 heteroatoms. The summed E-state index contributed by atoms with van der Waals surface area (Å²) in [5.74, 6) is 1.70. The highest BCUT2D eigenvalue weighted by Gasteiger charge is 2.26. The average molecular weight is 513 g/mol. The van der Waals surface area contributed by atoms with E-state index >= 15 is 0 Å². The number of hydrogen-bond acceptors (Lipinski definition) is 4. The van der Waals surface area contributed by atoms with Gasteiger partial charge in [-0.15, -0.1) is 24.0 Å². The van der Waals surface area contributed by atoms with Crippen molar-refractivity contribution < 1.29 is 9.13 Å². The lowest BCUT2D eigenvalue weighted by Gasteiger charge is -2.21. The Kier molecular flexibility index (Phi) is 8.94. The molecule has 6 nitrogen and oxygen atoms in total. The van der Waals surface area contributed by atoms with Gasteiger partial charge in [0.2, 0.25) is 0 Å². The fraction of sp³-hybridized carbons (Fsp3) is 0.429. The van der Waals surface area contributed by atoms with E-state index in [-0.39, 0.29) is 41.9 Å². The maximum Gasteiger partial charge on any atom is 0.191 e. The number of nitrogens with zero attached hydrogens (tertiary/aromatic N) is 3. The number of halogens is 2. The number of hydrogen-bond donors (Lipinski definition) is 2. The number of pyridine rings is 1. The van der Waals surface area contributed by atoms with E-state index < -0.39 is 0 Å². The number of ether oxygens (including phenoxy) is 1. The van der Waals surface area contributed by atoms with E-state index in [4.69, 9.17) is 4.74 Å². The van der Waals surface area contributed by atoms with Crippen LogP contribution in [0.2, 0.25) is 0 Å². The number of guanidine groups is 1. The Morgan fingerprint density at radius 2 is 2.10 bits per heavy atom. The van der Waals surface area contributed by atoms with Crippen molar-refractivity contribution in [2.24, 2.45) is 4.99 Å². The average Bonchev–Trinajstić information content (AvgIpc) is 3.15. The maximum absolute atomic E-state index is 13.9. The molecule has 0 spiro atoms. The molecule has 0 bridgehead atoms. The highest BCUT2D eigenvalue weighted by molar-refractivity contribution is 14.0. The molecule has 1 aromatic carbocycles. The van der Waals surface area contributed by atoms with Crippen molar-refractivity contribution in [2.75, 3.05) is 31.6 Å². The predicted octanol–water partition coefficient (Wildman–Crippen LogP) is 3.36. The number of aliphatic imine (C=N–C) groups is 1. The predicted molar refractivity (Wildman–Crippen MR) is 126 cm³/mol. The SMILES string of the molecule is CN=C(NCC(C)Oc1ccc(C)cc1)NC1CCN(c2ncccc2F)C1.I. The first-order valence-electron chi connectivity index (χ1n) is 9.61. The Bertz CT molecular complexity index is 802. The number of aromatic nitrogens is 1. The number of nitrogens with one attached hydrogen (secondary N) is 2. The molecule has 29 heavy (non-hydrogen) atoms. The third-order valence-electron chi connectivity index (χ3n) is 4.71. The van der Waals surface area contributed by atoms with Crippen LogP contribution in [0.5, 0.6) is 5.75 Å². The second-order valence-electron chi connectivity index (χ2n) is 7.08. The van der Waals surface area contributed by atoms with Crippen LogP contribution in [-0.2, 0) is 0 Å². The normalized spacial score (nSPS) is 17.4. The molecule has 2 heterocycles. The Morgan fingerprint density at radius 1 is 1.34 bits per heavy atom. The molecule has 2 aromatic rings. The minimum absolute atomic E-state index is 0. The van der Waals surface area contributed by atoms with Gasteiger partial charge in [-0.1, -0.05) is 17.7 Å². The van der Waals surface area contributed by atoms with Crippen LogP contribution in [0.1, 0.15) is 18.9 Å². The molecule has 3 rings (SSSR count). The van der Waals surface area contributed by atoms with E-state index in [0.717, 1.165) is 18.7 Å².